The number of furan rings is 1. The molecular formula is C20H24N4O. The Morgan fingerprint density at radius 2 is 1.92 bits per heavy atom. The Balaban J connectivity index is 1.35. The molecule has 1 aliphatic rings. The predicted molar refractivity (Wildman–Crippen MR) is 97.5 cm³/mol. The smallest absolute Gasteiger partial charge is 0.122 e. The quantitative estimate of drug-likeness (QED) is 0.718. The summed E-state index contributed by atoms with van der Waals surface area (Å²) in [6.07, 6.45) is 8.09. The summed E-state index contributed by atoms with van der Waals surface area (Å²) in [5.41, 5.74) is 2.36. The zero-order valence-electron chi connectivity index (χ0n) is 14.3. The second kappa shape index (κ2) is 7.68. The lowest BCUT2D eigenvalue weighted by Gasteiger charge is -2.26. The van der Waals surface area contributed by atoms with Crippen LogP contribution >= 0.6 is 0 Å². The van der Waals surface area contributed by atoms with E-state index in [1.165, 1.54) is 18.4 Å². The highest BCUT2D eigenvalue weighted by atomic mass is 16.3. The summed E-state index contributed by atoms with van der Waals surface area (Å²) in [6, 6.07) is 14.8. The van der Waals surface area contributed by atoms with Crippen molar-refractivity contribution >= 4 is 0 Å². The van der Waals surface area contributed by atoms with Crippen molar-refractivity contribution < 1.29 is 4.42 Å². The second-order valence-electron chi connectivity index (χ2n) is 6.52. The van der Waals surface area contributed by atoms with Gasteiger partial charge in [0.25, 0.3) is 0 Å². The van der Waals surface area contributed by atoms with E-state index in [2.05, 4.69) is 45.6 Å². The van der Waals surface area contributed by atoms with Crippen LogP contribution in [-0.4, -0.2) is 34.3 Å². The molecule has 0 amide bonds. The van der Waals surface area contributed by atoms with E-state index in [0.717, 1.165) is 37.6 Å². The lowest BCUT2D eigenvalue weighted by Crippen LogP contribution is -2.33. The van der Waals surface area contributed by atoms with Crippen LogP contribution in [0.15, 0.2) is 65.5 Å². The molecule has 25 heavy (non-hydrogen) atoms. The van der Waals surface area contributed by atoms with Crippen molar-refractivity contribution in [2.24, 2.45) is 0 Å². The van der Waals surface area contributed by atoms with Gasteiger partial charge in [-0.1, -0.05) is 12.1 Å². The lowest BCUT2D eigenvalue weighted by molar-refractivity contribution is 0.209. The molecule has 1 aromatic carbocycles. The number of rotatable bonds is 7. The summed E-state index contributed by atoms with van der Waals surface area (Å²) in [5, 5.41) is 7.86. The van der Waals surface area contributed by atoms with E-state index < -0.39 is 0 Å². The van der Waals surface area contributed by atoms with Crippen molar-refractivity contribution in [2.75, 3.05) is 19.6 Å². The molecule has 4 rings (SSSR count). The van der Waals surface area contributed by atoms with E-state index in [1.807, 2.05) is 23.0 Å². The summed E-state index contributed by atoms with van der Waals surface area (Å²) >= 11 is 0. The number of hydrogen-bond donors (Lipinski definition) is 1. The molecule has 0 spiro atoms. The molecule has 0 bridgehead atoms. The number of nitrogens with one attached hydrogen (secondary N) is 1. The molecule has 0 radical (unpaired) electrons. The first kappa shape index (κ1) is 16.1. The molecular weight excluding hydrogens is 312 g/mol. The fourth-order valence-electron chi connectivity index (χ4n) is 3.49. The SMILES string of the molecule is c1coc(C(CNCc2ccc(-n3cccn3)cc2)N2CCCC2)c1. The highest BCUT2D eigenvalue weighted by molar-refractivity contribution is 5.33. The highest BCUT2D eigenvalue weighted by Crippen LogP contribution is 2.25. The Bertz CT molecular complexity index is 744. The van der Waals surface area contributed by atoms with Crippen LogP contribution in [0.4, 0.5) is 0 Å². The van der Waals surface area contributed by atoms with E-state index >= 15 is 0 Å². The topological polar surface area (TPSA) is 46.2 Å². The maximum Gasteiger partial charge on any atom is 0.122 e. The fourth-order valence-corrected chi connectivity index (χ4v) is 3.49. The average molecular weight is 336 g/mol. The molecule has 3 aromatic rings. The zero-order valence-corrected chi connectivity index (χ0v) is 14.3. The molecule has 1 aliphatic heterocycles. The van der Waals surface area contributed by atoms with E-state index in [0.29, 0.717) is 6.04 Å². The number of likely N-dealkylation sites (tertiary alicyclic amines) is 1. The van der Waals surface area contributed by atoms with Crippen molar-refractivity contribution in [2.45, 2.75) is 25.4 Å². The average Bonchev–Trinajstić information content (AvgIpc) is 3.43. The highest BCUT2D eigenvalue weighted by Gasteiger charge is 2.24. The summed E-state index contributed by atoms with van der Waals surface area (Å²) in [6.45, 7) is 4.07. The van der Waals surface area contributed by atoms with Crippen LogP contribution in [0.25, 0.3) is 5.69 Å². The Labute approximate surface area is 148 Å². The van der Waals surface area contributed by atoms with Crippen LogP contribution in [0.5, 0.6) is 0 Å². The fraction of sp³-hybridized carbons (Fsp3) is 0.350. The Hall–Kier alpha value is -2.37. The molecule has 0 saturated carbocycles. The third kappa shape index (κ3) is 3.83. The monoisotopic (exact) mass is 336 g/mol. The minimum atomic E-state index is 0.320. The second-order valence-corrected chi connectivity index (χ2v) is 6.52. The maximum atomic E-state index is 5.68. The lowest BCUT2D eigenvalue weighted by atomic mass is 10.1. The molecule has 130 valence electrons. The van der Waals surface area contributed by atoms with Gasteiger partial charge < -0.3 is 9.73 Å². The Morgan fingerprint density at radius 1 is 1.08 bits per heavy atom. The molecule has 1 N–H and O–H groups in total. The first-order valence-corrected chi connectivity index (χ1v) is 8.97. The first-order valence-electron chi connectivity index (χ1n) is 8.97. The van der Waals surface area contributed by atoms with Crippen molar-refractivity contribution in [3.05, 3.63) is 72.4 Å². The van der Waals surface area contributed by atoms with Crippen molar-refractivity contribution in [1.29, 1.82) is 0 Å². The molecule has 2 aromatic heterocycles. The van der Waals surface area contributed by atoms with Gasteiger partial charge in [-0.25, -0.2) is 4.68 Å². The molecule has 1 fully saturated rings. The van der Waals surface area contributed by atoms with Crippen molar-refractivity contribution in [1.82, 2.24) is 20.0 Å². The van der Waals surface area contributed by atoms with Gasteiger partial charge in [0.05, 0.1) is 18.0 Å². The molecule has 5 nitrogen and oxygen atoms in total. The van der Waals surface area contributed by atoms with Crippen LogP contribution in [0, 0.1) is 0 Å². The maximum absolute atomic E-state index is 5.68. The largest absolute Gasteiger partial charge is 0.468 e. The summed E-state index contributed by atoms with van der Waals surface area (Å²) < 4.78 is 7.55. The summed E-state index contributed by atoms with van der Waals surface area (Å²) in [4.78, 5) is 2.52. The molecule has 0 aliphatic carbocycles. The zero-order chi connectivity index (χ0) is 16.9. The van der Waals surface area contributed by atoms with Gasteiger partial charge in [0.2, 0.25) is 0 Å². The molecule has 1 unspecified atom stereocenters. The number of aromatic nitrogens is 2. The Morgan fingerprint density at radius 3 is 2.60 bits per heavy atom. The number of benzene rings is 1. The van der Waals surface area contributed by atoms with Gasteiger partial charge in [-0.2, -0.15) is 5.10 Å². The van der Waals surface area contributed by atoms with Crippen LogP contribution in [0.1, 0.15) is 30.2 Å². The molecule has 1 atom stereocenters. The van der Waals surface area contributed by atoms with E-state index in [1.54, 1.807) is 12.5 Å². The van der Waals surface area contributed by atoms with Crippen LogP contribution in [0.2, 0.25) is 0 Å². The van der Waals surface area contributed by atoms with Crippen molar-refractivity contribution in [3.63, 3.8) is 0 Å². The van der Waals surface area contributed by atoms with E-state index in [-0.39, 0.29) is 0 Å². The number of hydrogen-bond acceptors (Lipinski definition) is 4. The van der Waals surface area contributed by atoms with E-state index in [4.69, 9.17) is 4.42 Å². The minimum Gasteiger partial charge on any atom is -0.468 e. The molecule has 5 heteroatoms. The third-order valence-corrected chi connectivity index (χ3v) is 4.83. The Kier molecular flexibility index (Phi) is 4.95. The van der Waals surface area contributed by atoms with Gasteiger partial charge in [0.15, 0.2) is 0 Å². The summed E-state index contributed by atoms with van der Waals surface area (Å²) in [5.74, 6) is 1.06. The van der Waals surface area contributed by atoms with Crippen LogP contribution in [-0.2, 0) is 6.54 Å². The van der Waals surface area contributed by atoms with Gasteiger partial charge in [-0.05, 0) is 61.8 Å². The minimum absolute atomic E-state index is 0.320. The van der Waals surface area contributed by atoms with Gasteiger partial charge in [-0.3, -0.25) is 4.90 Å². The van der Waals surface area contributed by atoms with Gasteiger partial charge >= 0.3 is 0 Å². The van der Waals surface area contributed by atoms with Crippen molar-refractivity contribution in [3.8, 4) is 5.69 Å². The molecule has 3 heterocycles. The van der Waals surface area contributed by atoms with Gasteiger partial charge in [-0.15, -0.1) is 0 Å². The first-order chi connectivity index (χ1) is 12.4. The standard InChI is InChI=1S/C20H24N4O/c1-2-12-23(11-1)19(20-5-3-14-25-20)16-21-15-17-6-8-18(9-7-17)24-13-4-10-22-24/h3-10,13-14,19,21H,1-2,11-12,15-16H2. The van der Waals surface area contributed by atoms with E-state index in [9.17, 15) is 0 Å². The predicted octanol–water partition coefficient (Wildman–Crippen LogP) is 3.39. The third-order valence-electron chi connectivity index (χ3n) is 4.83. The van der Waals surface area contributed by atoms with Crippen LogP contribution in [0.3, 0.4) is 0 Å². The molecule has 1 saturated heterocycles. The van der Waals surface area contributed by atoms with Gasteiger partial charge in [0.1, 0.15) is 5.76 Å². The van der Waals surface area contributed by atoms with Gasteiger partial charge in [0, 0.05) is 25.5 Å². The number of nitrogens with zero attached hydrogens (tertiary/aromatic N) is 3. The normalized spacial score (nSPS) is 16.3. The summed E-state index contributed by atoms with van der Waals surface area (Å²) in [7, 11) is 0. The van der Waals surface area contributed by atoms with Crippen LogP contribution < -0.4 is 5.32 Å².